The number of benzene rings is 1. The first-order chi connectivity index (χ1) is 8.59. The second-order valence-corrected chi connectivity index (χ2v) is 5.13. The normalized spacial score (nSPS) is 24.2. The molecule has 0 saturated carbocycles. The Kier molecular flexibility index (Phi) is 2.48. The molecule has 0 N–H and O–H groups in total. The molecule has 1 aromatic heterocycles. The smallest absolute Gasteiger partial charge is 0.261 e. The quantitative estimate of drug-likeness (QED) is 0.710. The monoisotopic (exact) mass is 243 g/mol. The standard InChI is InChI=1S/C14H17N3O/c1-9-8-16(3)10(2)13-15-12-7-5-4-6-11(12)14(18)17(9)13/h4-7,9-10H,8H2,1-3H3. The van der Waals surface area contributed by atoms with E-state index >= 15 is 0 Å². The van der Waals surface area contributed by atoms with Crippen molar-refractivity contribution in [2.45, 2.75) is 25.9 Å². The second-order valence-electron chi connectivity index (χ2n) is 5.13. The minimum absolute atomic E-state index is 0.0862. The van der Waals surface area contributed by atoms with E-state index in [0.29, 0.717) is 5.39 Å². The maximum atomic E-state index is 12.5. The lowest BCUT2D eigenvalue weighted by Crippen LogP contribution is -2.42. The van der Waals surface area contributed by atoms with Crippen molar-refractivity contribution in [1.29, 1.82) is 0 Å². The van der Waals surface area contributed by atoms with Gasteiger partial charge in [0.15, 0.2) is 0 Å². The Hall–Kier alpha value is -1.68. The van der Waals surface area contributed by atoms with Gasteiger partial charge in [0, 0.05) is 12.6 Å². The van der Waals surface area contributed by atoms with Crippen LogP contribution in [0.15, 0.2) is 29.1 Å². The van der Waals surface area contributed by atoms with Crippen LogP contribution in [0.1, 0.15) is 31.8 Å². The minimum Gasteiger partial charge on any atom is -0.295 e. The highest BCUT2D eigenvalue weighted by Gasteiger charge is 2.28. The third kappa shape index (κ3) is 1.49. The van der Waals surface area contributed by atoms with Gasteiger partial charge in [0.25, 0.3) is 5.56 Å². The summed E-state index contributed by atoms with van der Waals surface area (Å²) >= 11 is 0. The number of hydrogen-bond donors (Lipinski definition) is 0. The lowest BCUT2D eigenvalue weighted by molar-refractivity contribution is 0.172. The van der Waals surface area contributed by atoms with Gasteiger partial charge in [-0.05, 0) is 33.0 Å². The predicted molar refractivity (Wildman–Crippen MR) is 71.8 cm³/mol. The summed E-state index contributed by atoms with van der Waals surface area (Å²) in [5, 5.41) is 0.713. The molecule has 18 heavy (non-hydrogen) atoms. The van der Waals surface area contributed by atoms with Crippen molar-refractivity contribution >= 4 is 10.9 Å². The van der Waals surface area contributed by atoms with Crippen molar-refractivity contribution < 1.29 is 0 Å². The largest absolute Gasteiger partial charge is 0.295 e. The van der Waals surface area contributed by atoms with E-state index < -0.39 is 0 Å². The van der Waals surface area contributed by atoms with Crippen molar-refractivity contribution in [3.05, 3.63) is 40.4 Å². The molecule has 2 heterocycles. The van der Waals surface area contributed by atoms with Crippen LogP contribution in [0, 0.1) is 0 Å². The van der Waals surface area contributed by atoms with Crippen molar-refractivity contribution in [3.8, 4) is 0 Å². The topological polar surface area (TPSA) is 38.1 Å². The minimum atomic E-state index is 0.0862. The molecule has 0 saturated heterocycles. The highest BCUT2D eigenvalue weighted by Crippen LogP contribution is 2.26. The molecule has 1 aliphatic rings. The zero-order valence-electron chi connectivity index (χ0n) is 10.9. The van der Waals surface area contributed by atoms with Gasteiger partial charge < -0.3 is 0 Å². The van der Waals surface area contributed by atoms with Gasteiger partial charge in [-0.1, -0.05) is 12.1 Å². The van der Waals surface area contributed by atoms with E-state index in [1.54, 1.807) is 0 Å². The summed E-state index contributed by atoms with van der Waals surface area (Å²) in [5.74, 6) is 0.875. The number of hydrogen-bond acceptors (Lipinski definition) is 3. The van der Waals surface area contributed by atoms with Crippen molar-refractivity contribution in [3.63, 3.8) is 0 Å². The van der Waals surface area contributed by atoms with E-state index in [2.05, 4.69) is 30.8 Å². The maximum absolute atomic E-state index is 12.5. The Labute approximate surface area is 106 Å². The predicted octanol–water partition coefficient (Wildman–Crippen LogP) is 1.96. The molecule has 1 aliphatic heterocycles. The average Bonchev–Trinajstić information content (AvgIpc) is 2.36. The number of aromatic nitrogens is 2. The Bertz CT molecular complexity index is 662. The van der Waals surface area contributed by atoms with Crippen LogP contribution in [0.25, 0.3) is 10.9 Å². The van der Waals surface area contributed by atoms with Gasteiger partial charge in [0.05, 0.1) is 16.9 Å². The van der Waals surface area contributed by atoms with Crippen molar-refractivity contribution in [2.24, 2.45) is 0 Å². The first kappa shape index (κ1) is 11.4. The summed E-state index contributed by atoms with van der Waals surface area (Å²) in [6.45, 7) is 5.05. The average molecular weight is 243 g/mol. The van der Waals surface area contributed by atoms with Gasteiger partial charge in [0.2, 0.25) is 0 Å². The molecular weight excluding hydrogens is 226 g/mol. The van der Waals surface area contributed by atoms with Crippen LogP contribution in [0.2, 0.25) is 0 Å². The first-order valence-corrected chi connectivity index (χ1v) is 6.31. The Morgan fingerprint density at radius 1 is 1.28 bits per heavy atom. The Morgan fingerprint density at radius 2 is 2.00 bits per heavy atom. The van der Waals surface area contributed by atoms with Crippen molar-refractivity contribution in [1.82, 2.24) is 14.5 Å². The lowest BCUT2D eigenvalue weighted by atomic mass is 10.1. The lowest BCUT2D eigenvalue weighted by Gasteiger charge is -2.36. The van der Waals surface area contributed by atoms with Gasteiger partial charge in [0.1, 0.15) is 5.82 Å². The van der Waals surface area contributed by atoms with E-state index in [1.165, 1.54) is 0 Å². The van der Waals surface area contributed by atoms with Gasteiger partial charge in [-0.15, -0.1) is 0 Å². The molecule has 1 aromatic carbocycles. The first-order valence-electron chi connectivity index (χ1n) is 6.31. The van der Waals surface area contributed by atoms with Crippen LogP contribution in [-0.2, 0) is 0 Å². The third-order valence-electron chi connectivity index (χ3n) is 3.86. The molecule has 0 aliphatic carbocycles. The molecule has 2 aromatic rings. The zero-order chi connectivity index (χ0) is 12.9. The summed E-state index contributed by atoms with van der Waals surface area (Å²) in [7, 11) is 2.08. The number of para-hydroxylation sites is 1. The van der Waals surface area contributed by atoms with Crippen molar-refractivity contribution in [2.75, 3.05) is 13.6 Å². The summed E-state index contributed by atoms with van der Waals surface area (Å²) in [6.07, 6.45) is 0. The van der Waals surface area contributed by atoms with E-state index in [0.717, 1.165) is 17.9 Å². The number of likely N-dealkylation sites (N-methyl/N-ethyl adjacent to an activating group) is 1. The van der Waals surface area contributed by atoms with Gasteiger partial charge in [-0.2, -0.15) is 0 Å². The van der Waals surface area contributed by atoms with E-state index in [4.69, 9.17) is 0 Å². The summed E-state index contributed by atoms with van der Waals surface area (Å²) in [4.78, 5) is 19.5. The van der Waals surface area contributed by atoms with Crippen LogP contribution in [0.5, 0.6) is 0 Å². The van der Waals surface area contributed by atoms with Crippen LogP contribution in [0.3, 0.4) is 0 Å². The SMILES string of the molecule is CC1c2nc3ccccc3c(=O)n2C(C)CN1C. The summed E-state index contributed by atoms with van der Waals surface area (Å²) in [5.41, 5.74) is 0.881. The Balaban J connectivity index is 2.39. The van der Waals surface area contributed by atoms with Crippen LogP contribution in [0.4, 0.5) is 0 Å². The molecule has 3 rings (SSSR count). The number of rotatable bonds is 0. The Morgan fingerprint density at radius 3 is 2.78 bits per heavy atom. The number of nitrogens with zero attached hydrogens (tertiary/aromatic N) is 3. The molecule has 94 valence electrons. The molecular formula is C14H17N3O. The van der Waals surface area contributed by atoms with E-state index in [1.807, 2.05) is 28.8 Å². The molecule has 2 atom stereocenters. The van der Waals surface area contributed by atoms with Crippen LogP contribution >= 0.6 is 0 Å². The third-order valence-corrected chi connectivity index (χ3v) is 3.86. The summed E-state index contributed by atoms with van der Waals surface area (Å²) in [6, 6.07) is 7.93. The molecule has 0 amide bonds. The van der Waals surface area contributed by atoms with Crippen LogP contribution < -0.4 is 5.56 Å². The highest BCUT2D eigenvalue weighted by molar-refractivity contribution is 5.77. The molecule has 0 spiro atoms. The fourth-order valence-electron chi connectivity index (χ4n) is 2.74. The summed E-state index contributed by atoms with van der Waals surface area (Å²) < 4.78 is 1.85. The molecule has 0 bridgehead atoms. The highest BCUT2D eigenvalue weighted by atomic mass is 16.1. The van der Waals surface area contributed by atoms with E-state index in [9.17, 15) is 4.79 Å². The van der Waals surface area contributed by atoms with Gasteiger partial charge in [-0.25, -0.2) is 4.98 Å². The second kappa shape index (κ2) is 3.92. The molecule has 4 heteroatoms. The maximum Gasteiger partial charge on any atom is 0.261 e. The van der Waals surface area contributed by atoms with E-state index in [-0.39, 0.29) is 17.6 Å². The number of fused-ring (bicyclic) bond motifs is 2. The molecule has 0 radical (unpaired) electrons. The zero-order valence-corrected chi connectivity index (χ0v) is 10.9. The van der Waals surface area contributed by atoms with Crippen LogP contribution in [-0.4, -0.2) is 28.0 Å². The molecule has 0 fully saturated rings. The molecule has 2 unspecified atom stereocenters. The van der Waals surface area contributed by atoms with Gasteiger partial charge >= 0.3 is 0 Å². The fraction of sp³-hybridized carbons (Fsp3) is 0.429. The van der Waals surface area contributed by atoms with Gasteiger partial charge in [-0.3, -0.25) is 14.3 Å². The fourth-order valence-corrected chi connectivity index (χ4v) is 2.74. The molecule has 4 nitrogen and oxygen atoms in total.